The van der Waals surface area contributed by atoms with E-state index in [1.54, 1.807) is 0 Å². The lowest BCUT2D eigenvalue weighted by atomic mass is 9.91. The molecule has 1 aromatic rings. The molecule has 1 amide bonds. The van der Waals surface area contributed by atoms with Crippen LogP contribution in [0.5, 0.6) is 0 Å². The highest BCUT2D eigenvalue weighted by Gasteiger charge is 2.35. The molecule has 0 N–H and O–H groups in total. The molecule has 16 heavy (non-hydrogen) atoms. The number of amides is 1. The molecule has 0 saturated carbocycles. The first-order valence-corrected chi connectivity index (χ1v) is 5.81. The maximum absolute atomic E-state index is 11.9. The van der Waals surface area contributed by atoms with Crippen molar-refractivity contribution < 1.29 is 4.79 Å². The molecular formula is C13H16N2O. The van der Waals surface area contributed by atoms with Crippen molar-refractivity contribution in [1.82, 2.24) is 9.80 Å². The second-order valence-corrected chi connectivity index (χ2v) is 4.75. The topological polar surface area (TPSA) is 23.6 Å². The predicted molar refractivity (Wildman–Crippen MR) is 62.1 cm³/mol. The summed E-state index contributed by atoms with van der Waals surface area (Å²) in [7, 11) is 2.02. The van der Waals surface area contributed by atoms with E-state index in [1.807, 2.05) is 11.9 Å². The van der Waals surface area contributed by atoms with Gasteiger partial charge in [0, 0.05) is 13.1 Å². The standard InChI is InChI=1S/C13H16N2O/c1-14-8-12-11-5-3-2-4-10(11)6-7-15(12)13(16)9-14/h2-5,12H,6-9H2,1H3/t12-/m1/s1. The van der Waals surface area contributed by atoms with Crippen molar-refractivity contribution in [3.05, 3.63) is 35.4 Å². The van der Waals surface area contributed by atoms with E-state index in [2.05, 4.69) is 29.2 Å². The van der Waals surface area contributed by atoms with Gasteiger partial charge in [-0.25, -0.2) is 0 Å². The van der Waals surface area contributed by atoms with Gasteiger partial charge < -0.3 is 4.90 Å². The lowest BCUT2D eigenvalue weighted by Gasteiger charge is -2.43. The highest BCUT2D eigenvalue weighted by molar-refractivity contribution is 5.80. The van der Waals surface area contributed by atoms with Crippen LogP contribution in [0.3, 0.4) is 0 Å². The van der Waals surface area contributed by atoms with E-state index in [0.29, 0.717) is 6.54 Å². The molecule has 1 fully saturated rings. The molecule has 0 spiro atoms. The number of rotatable bonds is 0. The Balaban J connectivity index is 2.01. The maximum Gasteiger partial charge on any atom is 0.237 e. The lowest BCUT2D eigenvalue weighted by molar-refractivity contribution is -0.139. The number of hydrogen-bond acceptors (Lipinski definition) is 2. The quantitative estimate of drug-likeness (QED) is 0.647. The largest absolute Gasteiger partial charge is 0.333 e. The van der Waals surface area contributed by atoms with E-state index in [-0.39, 0.29) is 11.9 Å². The molecule has 0 bridgehead atoms. The highest BCUT2D eigenvalue weighted by atomic mass is 16.2. The van der Waals surface area contributed by atoms with E-state index in [1.165, 1.54) is 11.1 Å². The van der Waals surface area contributed by atoms with Crippen LogP contribution in [0, 0.1) is 0 Å². The molecule has 0 unspecified atom stereocenters. The van der Waals surface area contributed by atoms with E-state index in [0.717, 1.165) is 19.5 Å². The Labute approximate surface area is 95.7 Å². The van der Waals surface area contributed by atoms with Crippen LogP contribution in [0.1, 0.15) is 17.2 Å². The van der Waals surface area contributed by atoms with Gasteiger partial charge in [-0.15, -0.1) is 0 Å². The van der Waals surface area contributed by atoms with Gasteiger partial charge in [-0.3, -0.25) is 9.69 Å². The van der Waals surface area contributed by atoms with Crippen molar-refractivity contribution in [2.75, 3.05) is 26.7 Å². The number of carbonyl (C=O) groups excluding carboxylic acids is 1. The van der Waals surface area contributed by atoms with Gasteiger partial charge in [0.1, 0.15) is 0 Å². The molecule has 1 aromatic carbocycles. The molecule has 0 aromatic heterocycles. The molecule has 2 aliphatic rings. The molecule has 84 valence electrons. The monoisotopic (exact) mass is 216 g/mol. The molecule has 1 atom stereocenters. The van der Waals surface area contributed by atoms with Crippen molar-refractivity contribution in [1.29, 1.82) is 0 Å². The van der Waals surface area contributed by atoms with E-state index in [4.69, 9.17) is 0 Å². The van der Waals surface area contributed by atoms with Crippen LogP contribution in [0.4, 0.5) is 0 Å². The Kier molecular flexibility index (Phi) is 2.21. The molecule has 2 aliphatic heterocycles. The average molecular weight is 216 g/mol. The fourth-order valence-corrected chi connectivity index (χ4v) is 2.83. The van der Waals surface area contributed by atoms with Crippen LogP contribution >= 0.6 is 0 Å². The zero-order valence-corrected chi connectivity index (χ0v) is 9.52. The Morgan fingerprint density at radius 3 is 3.00 bits per heavy atom. The Morgan fingerprint density at radius 2 is 2.12 bits per heavy atom. The first kappa shape index (κ1) is 9.85. The van der Waals surface area contributed by atoms with Crippen molar-refractivity contribution >= 4 is 5.91 Å². The van der Waals surface area contributed by atoms with Crippen molar-refractivity contribution in [2.24, 2.45) is 0 Å². The molecule has 2 heterocycles. The van der Waals surface area contributed by atoms with Gasteiger partial charge in [-0.1, -0.05) is 24.3 Å². The van der Waals surface area contributed by atoms with Gasteiger partial charge in [0.05, 0.1) is 12.6 Å². The zero-order chi connectivity index (χ0) is 11.1. The van der Waals surface area contributed by atoms with Crippen LogP contribution in [-0.2, 0) is 11.2 Å². The summed E-state index contributed by atoms with van der Waals surface area (Å²) < 4.78 is 0. The molecule has 3 heteroatoms. The van der Waals surface area contributed by atoms with Crippen molar-refractivity contribution in [3.63, 3.8) is 0 Å². The third-order valence-corrected chi connectivity index (χ3v) is 3.62. The van der Waals surface area contributed by atoms with Crippen molar-refractivity contribution in [2.45, 2.75) is 12.5 Å². The number of likely N-dealkylation sites (N-methyl/N-ethyl adjacent to an activating group) is 1. The predicted octanol–water partition coefficient (Wildman–Crippen LogP) is 1.06. The molecule has 3 nitrogen and oxygen atoms in total. The van der Waals surface area contributed by atoms with Gasteiger partial charge in [-0.2, -0.15) is 0 Å². The molecule has 1 saturated heterocycles. The van der Waals surface area contributed by atoms with Crippen LogP contribution in [0.25, 0.3) is 0 Å². The van der Waals surface area contributed by atoms with Gasteiger partial charge >= 0.3 is 0 Å². The summed E-state index contributed by atoms with van der Waals surface area (Å²) in [4.78, 5) is 16.1. The fourth-order valence-electron chi connectivity index (χ4n) is 2.83. The Hall–Kier alpha value is -1.35. The van der Waals surface area contributed by atoms with Crippen LogP contribution in [-0.4, -0.2) is 42.4 Å². The average Bonchev–Trinajstić information content (AvgIpc) is 2.28. The highest BCUT2D eigenvalue weighted by Crippen LogP contribution is 2.32. The molecule has 0 radical (unpaired) electrons. The summed E-state index contributed by atoms with van der Waals surface area (Å²) >= 11 is 0. The SMILES string of the molecule is CN1CC(=O)N2CCc3ccccc3[C@H]2C1. The summed E-state index contributed by atoms with van der Waals surface area (Å²) in [6, 6.07) is 8.78. The summed E-state index contributed by atoms with van der Waals surface area (Å²) in [5, 5.41) is 0. The Morgan fingerprint density at radius 1 is 1.31 bits per heavy atom. The van der Waals surface area contributed by atoms with E-state index < -0.39 is 0 Å². The number of carbonyl (C=O) groups is 1. The number of hydrogen-bond donors (Lipinski definition) is 0. The maximum atomic E-state index is 11.9. The minimum absolute atomic E-state index is 0.272. The molecule has 0 aliphatic carbocycles. The lowest BCUT2D eigenvalue weighted by Crippen LogP contribution is -2.53. The summed E-state index contributed by atoms with van der Waals surface area (Å²) in [5.74, 6) is 0.272. The third kappa shape index (κ3) is 1.43. The minimum atomic E-state index is 0.272. The number of fused-ring (bicyclic) bond motifs is 3. The smallest absolute Gasteiger partial charge is 0.237 e. The summed E-state index contributed by atoms with van der Waals surface area (Å²) in [6.45, 7) is 2.41. The van der Waals surface area contributed by atoms with Crippen molar-refractivity contribution in [3.8, 4) is 0 Å². The fraction of sp³-hybridized carbons (Fsp3) is 0.462. The molecule has 3 rings (SSSR count). The first-order valence-electron chi connectivity index (χ1n) is 5.81. The Bertz CT molecular complexity index is 430. The summed E-state index contributed by atoms with van der Waals surface area (Å²) in [5.41, 5.74) is 2.75. The number of nitrogens with zero attached hydrogens (tertiary/aromatic N) is 2. The van der Waals surface area contributed by atoms with Gasteiger partial charge in [0.25, 0.3) is 0 Å². The zero-order valence-electron chi connectivity index (χ0n) is 9.52. The van der Waals surface area contributed by atoms with Gasteiger partial charge in [-0.05, 0) is 24.6 Å². The first-order chi connectivity index (χ1) is 7.75. The third-order valence-electron chi connectivity index (χ3n) is 3.62. The second-order valence-electron chi connectivity index (χ2n) is 4.75. The number of piperazine rings is 1. The second kappa shape index (κ2) is 3.59. The van der Waals surface area contributed by atoms with Crippen LogP contribution in [0.2, 0.25) is 0 Å². The van der Waals surface area contributed by atoms with Gasteiger partial charge in [0.2, 0.25) is 5.91 Å². The van der Waals surface area contributed by atoms with Gasteiger partial charge in [0.15, 0.2) is 0 Å². The van der Waals surface area contributed by atoms with E-state index in [9.17, 15) is 4.79 Å². The van der Waals surface area contributed by atoms with Crippen LogP contribution in [0.15, 0.2) is 24.3 Å². The normalized spacial score (nSPS) is 25.2. The minimum Gasteiger partial charge on any atom is -0.333 e. The van der Waals surface area contributed by atoms with Crippen LogP contribution < -0.4 is 0 Å². The summed E-state index contributed by atoms with van der Waals surface area (Å²) in [6.07, 6.45) is 1.00. The molecular weight excluding hydrogens is 200 g/mol. The van der Waals surface area contributed by atoms with E-state index >= 15 is 0 Å². The number of benzene rings is 1.